The molecule has 2 rings (SSSR count). The van der Waals surface area contributed by atoms with Gasteiger partial charge in [-0.1, -0.05) is 24.6 Å². The molecule has 1 fully saturated rings. The number of rotatable bonds is 4. The Bertz CT molecular complexity index is 545. The molecule has 1 aromatic rings. The molecule has 0 saturated heterocycles. The zero-order chi connectivity index (χ0) is 14.1. The van der Waals surface area contributed by atoms with Crippen LogP contribution < -0.4 is 0 Å². The molecule has 0 spiro atoms. The van der Waals surface area contributed by atoms with Gasteiger partial charge in [-0.3, -0.25) is 0 Å². The molecule has 106 valence electrons. The highest BCUT2D eigenvalue weighted by molar-refractivity contribution is 7.92. The third-order valence-electron chi connectivity index (χ3n) is 3.49. The summed E-state index contributed by atoms with van der Waals surface area (Å²) in [4.78, 5) is 0. The summed E-state index contributed by atoms with van der Waals surface area (Å²) in [6.07, 6.45) is -1.95. The van der Waals surface area contributed by atoms with Crippen molar-refractivity contribution in [3.05, 3.63) is 35.4 Å². The SMILES string of the molecule is O=S(=O)(CCc1cccc(C(F)(F)F)c1)C1CCC1. The number of hydrogen-bond acceptors (Lipinski definition) is 2. The molecule has 0 aromatic heterocycles. The van der Waals surface area contributed by atoms with E-state index in [2.05, 4.69) is 0 Å². The Morgan fingerprint density at radius 2 is 1.89 bits per heavy atom. The van der Waals surface area contributed by atoms with Crippen LogP contribution in [0.2, 0.25) is 0 Å². The van der Waals surface area contributed by atoms with Gasteiger partial charge in [0.15, 0.2) is 9.84 Å². The normalized spacial score (nSPS) is 17.2. The number of aryl methyl sites for hydroxylation is 1. The Morgan fingerprint density at radius 1 is 1.21 bits per heavy atom. The zero-order valence-corrected chi connectivity index (χ0v) is 11.1. The van der Waals surface area contributed by atoms with Gasteiger partial charge in [-0.25, -0.2) is 8.42 Å². The van der Waals surface area contributed by atoms with Gasteiger partial charge in [0.25, 0.3) is 0 Å². The maximum absolute atomic E-state index is 12.5. The Hall–Kier alpha value is -1.04. The van der Waals surface area contributed by atoms with Gasteiger partial charge in [-0.15, -0.1) is 0 Å². The number of benzene rings is 1. The molecule has 1 aromatic carbocycles. The van der Waals surface area contributed by atoms with Crippen molar-refractivity contribution in [1.82, 2.24) is 0 Å². The average Bonchev–Trinajstić information content (AvgIpc) is 2.23. The summed E-state index contributed by atoms with van der Waals surface area (Å²) in [6.45, 7) is 0. The average molecular weight is 292 g/mol. The van der Waals surface area contributed by atoms with E-state index in [1.165, 1.54) is 12.1 Å². The zero-order valence-electron chi connectivity index (χ0n) is 10.3. The smallest absolute Gasteiger partial charge is 0.229 e. The summed E-state index contributed by atoms with van der Waals surface area (Å²) in [5.74, 6) is -0.0705. The van der Waals surface area contributed by atoms with Crippen LogP contribution >= 0.6 is 0 Å². The van der Waals surface area contributed by atoms with E-state index in [-0.39, 0.29) is 17.4 Å². The van der Waals surface area contributed by atoms with Crippen molar-refractivity contribution in [3.8, 4) is 0 Å². The van der Waals surface area contributed by atoms with Crippen molar-refractivity contribution < 1.29 is 21.6 Å². The maximum Gasteiger partial charge on any atom is 0.416 e. The fourth-order valence-corrected chi connectivity index (χ4v) is 3.96. The molecule has 0 atom stereocenters. The molecule has 1 aliphatic carbocycles. The molecule has 6 heteroatoms. The van der Waals surface area contributed by atoms with Crippen molar-refractivity contribution >= 4 is 9.84 Å². The van der Waals surface area contributed by atoms with Crippen LogP contribution in [-0.2, 0) is 22.4 Å². The van der Waals surface area contributed by atoms with Crippen molar-refractivity contribution in [2.24, 2.45) is 0 Å². The molecule has 0 N–H and O–H groups in total. The topological polar surface area (TPSA) is 34.1 Å². The van der Waals surface area contributed by atoms with Crippen LogP contribution in [-0.4, -0.2) is 19.4 Å². The second-order valence-electron chi connectivity index (χ2n) is 4.87. The van der Waals surface area contributed by atoms with Gasteiger partial charge < -0.3 is 0 Å². The standard InChI is InChI=1S/C13H15F3O2S/c14-13(15,16)11-4-1-3-10(9-11)7-8-19(17,18)12-5-2-6-12/h1,3-4,9,12H,2,5-8H2. The van der Waals surface area contributed by atoms with E-state index in [1.807, 2.05) is 0 Å². The van der Waals surface area contributed by atoms with Crippen molar-refractivity contribution in [2.45, 2.75) is 37.1 Å². The second kappa shape index (κ2) is 5.15. The molecule has 1 aliphatic rings. The van der Waals surface area contributed by atoms with Crippen molar-refractivity contribution in [2.75, 3.05) is 5.75 Å². The fraction of sp³-hybridized carbons (Fsp3) is 0.538. The van der Waals surface area contributed by atoms with Gasteiger partial charge in [-0.2, -0.15) is 13.2 Å². The lowest BCUT2D eigenvalue weighted by Gasteiger charge is -2.25. The van der Waals surface area contributed by atoms with Gasteiger partial charge in [0.1, 0.15) is 0 Å². The first kappa shape index (κ1) is 14.4. The minimum atomic E-state index is -4.39. The van der Waals surface area contributed by atoms with Crippen LogP contribution in [0.1, 0.15) is 30.4 Å². The van der Waals surface area contributed by atoms with E-state index < -0.39 is 21.6 Å². The number of alkyl halides is 3. The number of sulfone groups is 1. The third-order valence-corrected chi connectivity index (χ3v) is 5.75. The van der Waals surface area contributed by atoms with Crippen LogP contribution in [0, 0.1) is 0 Å². The molecule has 0 radical (unpaired) electrons. The van der Waals surface area contributed by atoms with Crippen LogP contribution in [0.3, 0.4) is 0 Å². The second-order valence-corrected chi connectivity index (χ2v) is 7.27. The molecule has 1 saturated carbocycles. The van der Waals surface area contributed by atoms with E-state index in [1.54, 1.807) is 0 Å². The number of hydrogen-bond donors (Lipinski definition) is 0. The highest BCUT2D eigenvalue weighted by Crippen LogP contribution is 2.30. The first-order valence-corrected chi connectivity index (χ1v) is 7.88. The number of halogens is 3. The van der Waals surface area contributed by atoms with Gasteiger partial charge in [-0.05, 0) is 30.9 Å². The molecular weight excluding hydrogens is 277 g/mol. The Labute approximate surface area is 110 Å². The van der Waals surface area contributed by atoms with E-state index in [9.17, 15) is 21.6 Å². The first-order valence-electron chi connectivity index (χ1n) is 6.17. The Kier molecular flexibility index (Phi) is 3.90. The molecule has 19 heavy (non-hydrogen) atoms. The van der Waals surface area contributed by atoms with E-state index in [0.717, 1.165) is 18.6 Å². The van der Waals surface area contributed by atoms with Gasteiger partial charge >= 0.3 is 6.18 Å². The predicted molar refractivity (Wildman–Crippen MR) is 66.6 cm³/mol. The van der Waals surface area contributed by atoms with Gasteiger partial charge in [0.2, 0.25) is 0 Å². The quantitative estimate of drug-likeness (QED) is 0.854. The van der Waals surface area contributed by atoms with Crippen LogP contribution in [0.4, 0.5) is 13.2 Å². The minimum absolute atomic E-state index is 0.0705. The van der Waals surface area contributed by atoms with Crippen molar-refractivity contribution in [3.63, 3.8) is 0 Å². The largest absolute Gasteiger partial charge is 0.416 e. The summed E-state index contributed by atoms with van der Waals surface area (Å²) in [6, 6.07) is 4.86. The molecule has 0 bridgehead atoms. The van der Waals surface area contributed by atoms with Crippen LogP contribution in [0.5, 0.6) is 0 Å². The lowest BCUT2D eigenvalue weighted by molar-refractivity contribution is -0.137. The molecule has 0 unspecified atom stereocenters. The van der Waals surface area contributed by atoms with E-state index >= 15 is 0 Å². The Balaban J connectivity index is 2.04. The van der Waals surface area contributed by atoms with E-state index in [4.69, 9.17) is 0 Å². The molecular formula is C13H15F3O2S. The lowest BCUT2D eigenvalue weighted by atomic mass is 10.00. The van der Waals surface area contributed by atoms with Gasteiger partial charge in [0.05, 0.1) is 16.6 Å². The predicted octanol–water partition coefficient (Wildman–Crippen LogP) is 3.22. The van der Waals surface area contributed by atoms with Gasteiger partial charge in [0, 0.05) is 0 Å². The minimum Gasteiger partial charge on any atom is -0.229 e. The van der Waals surface area contributed by atoms with Crippen molar-refractivity contribution in [1.29, 1.82) is 0 Å². The lowest BCUT2D eigenvalue weighted by Crippen LogP contribution is -2.31. The highest BCUT2D eigenvalue weighted by atomic mass is 32.2. The monoisotopic (exact) mass is 292 g/mol. The highest BCUT2D eigenvalue weighted by Gasteiger charge is 2.32. The maximum atomic E-state index is 12.5. The van der Waals surface area contributed by atoms with Crippen LogP contribution in [0.15, 0.2) is 24.3 Å². The molecule has 0 heterocycles. The molecule has 0 aliphatic heterocycles. The summed E-state index contributed by atoms with van der Waals surface area (Å²) in [5, 5.41) is -0.279. The van der Waals surface area contributed by atoms with E-state index in [0.29, 0.717) is 18.4 Å². The first-order chi connectivity index (χ1) is 8.79. The molecule has 0 amide bonds. The summed E-state index contributed by atoms with van der Waals surface area (Å²) in [7, 11) is -3.15. The fourth-order valence-electron chi connectivity index (χ4n) is 2.06. The summed E-state index contributed by atoms with van der Waals surface area (Å²) >= 11 is 0. The third kappa shape index (κ3) is 3.49. The Morgan fingerprint density at radius 3 is 2.42 bits per heavy atom. The summed E-state index contributed by atoms with van der Waals surface area (Å²) < 4.78 is 61.2. The molecule has 2 nitrogen and oxygen atoms in total. The summed E-state index contributed by atoms with van der Waals surface area (Å²) in [5.41, 5.74) is -0.316. The van der Waals surface area contributed by atoms with Crippen LogP contribution in [0.25, 0.3) is 0 Å².